The Hall–Kier alpha value is -1.98. The molecule has 2 unspecified atom stereocenters. The Morgan fingerprint density at radius 1 is 1.35 bits per heavy atom. The van der Waals surface area contributed by atoms with Gasteiger partial charge in [0.2, 0.25) is 5.95 Å². The van der Waals surface area contributed by atoms with E-state index in [1.54, 1.807) is 6.33 Å². The number of hydrogen-bond acceptors (Lipinski definition) is 5. The molecule has 0 radical (unpaired) electrons. The molecule has 0 spiro atoms. The summed E-state index contributed by atoms with van der Waals surface area (Å²) in [6.07, 6.45) is 6.19. The maximum absolute atomic E-state index is 5.62. The summed E-state index contributed by atoms with van der Waals surface area (Å²) in [4.78, 5) is 12.4. The highest BCUT2D eigenvalue weighted by atomic mass is 15.4. The number of rotatable bonds is 1. The fourth-order valence-corrected chi connectivity index (χ4v) is 2.42. The SMILES string of the molecule is CC1Cc2nc(N)nn2CC1c1cncnc1. The van der Waals surface area contributed by atoms with Gasteiger partial charge in [-0.3, -0.25) is 0 Å². The van der Waals surface area contributed by atoms with Crippen LogP contribution in [-0.2, 0) is 13.0 Å². The standard InChI is InChI=1S/C11H14N6/c1-7-2-10-15-11(12)16-17(10)5-9(7)8-3-13-6-14-4-8/h3-4,6-7,9H,2,5H2,1H3,(H2,12,16). The molecule has 2 aromatic heterocycles. The summed E-state index contributed by atoms with van der Waals surface area (Å²) in [6, 6.07) is 0. The Labute approximate surface area is 98.9 Å². The van der Waals surface area contributed by atoms with Crippen LogP contribution in [0.2, 0.25) is 0 Å². The fourth-order valence-electron chi connectivity index (χ4n) is 2.42. The van der Waals surface area contributed by atoms with Crippen LogP contribution >= 0.6 is 0 Å². The minimum Gasteiger partial charge on any atom is -0.366 e. The molecule has 1 aliphatic heterocycles. The molecule has 2 aromatic rings. The zero-order valence-corrected chi connectivity index (χ0v) is 9.61. The van der Waals surface area contributed by atoms with Gasteiger partial charge in [-0.2, -0.15) is 4.98 Å². The van der Waals surface area contributed by atoms with Gasteiger partial charge in [-0.25, -0.2) is 14.6 Å². The minimum atomic E-state index is 0.358. The molecule has 0 saturated heterocycles. The maximum Gasteiger partial charge on any atom is 0.239 e. The lowest BCUT2D eigenvalue weighted by molar-refractivity contribution is 0.329. The van der Waals surface area contributed by atoms with E-state index in [9.17, 15) is 0 Å². The first-order chi connectivity index (χ1) is 8.24. The van der Waals surface area contributed by atoms with E-state index in [1.807, 2.05) is 17.1 Å². The third-order valence-electron chi connectivity index (χ3n) is 3.33. The summed E-state index contributed by atoms with van der Waals surface area (Å²) in [5, 5.41) is 4.20. The van der Waals surface area contributed by atoms with Crippen molar-refractivity contribution in [1.29, 1.82) is 0 Å². The zero-order chi connectivity index (χ0) is 11.8. The highest BCUT2D eigenvalue weighted by Gasteiger charge is 2.28. The van der Waals surface area contributed by atoms with E-state index in [4.69, 9.17) is 5.73 Å². The highest BCUT2D eigenvalue weighted by molar-refractivity contribution is 5.19. The summed E-state index contributed by atoms with van der Waals surface area (Å²) in [6.45, 7) is 3.01. The number of nitrogens with zero attached hydrogens (tertiary/aromatic N) is 5. The normalized spacial score (nSPS) is 23.4. The summed E-state index contributed by atoms with van der Waals surface area (Å²) < 4.78 is 1.90. The van der Waals surface area contributed by atoms with Gasteiger partial charge in [0.15, 0.2) is 0 Å². The van der Waals surface area contributed by atoms with Crippen molar-refractivity contribution < 1.29 is 0 Å². The number of fused-ring (bicyclic) bond motifs is 1. The van der Waals surface area contributed by atoms with E-state index in [0.29, 0.717) is 17.8 Å². The lowest BCUT2D eigenvalue weighted by Crippen LogP contribution is -2.27. The van der Waals surface area contributed by atoms with Gasteiger partial charge in [0.05, 0.1) is 6.54 Å². The molecule has 0 aliphatic carbocycles. The van der Waals surface area contributed by atoms with E-state index in [2.05, 4.69) is 27.0 Å². The van der Waals surface area contributed by atoms with Crippen molar-refractivity contribution in [2.24, 2.45) is 5.92 Å². The predicted octanol–water partition coefficient (Wildman–Crippen LogP) is 0.626. The van der Waals surface area contributed by atoms with Gasteiger partial charge >= 0.3 is 0 Å². The van der Waals surface area contributed by atoms with Crippen LogP contribution in [0.1, 0.15) is 24.2 Å². The first kappa shape index (κ1) is 10.2. The Bertz CT molecular complexity index is 520. The number of anilines is 1. The van der Waals surface area contributed by atoms with E-state index < -0.39 is 0 Å². The Kier molecular flexibility index (Phi) is 2.28. The molecule has 1 aliphatic rings. The van der Waals surface area contributed by atoms with Crippen LogP contribution in [0.3, 0.4) is 0 Å². The smallest absolute Gasteiger partial charge is 0.239 e. The molecule has 17 heavy (non-hydrogen) atoms. The molecule has 6 nitrogen and oxygen atoms in total. The molecule has 0 bridgehead atoms. The fraction of sp³-hybridized carbons (Fsp3) is 0.455. The van der Waals surface area contributed by atoms with Crippen molar-refractivity contribution in [3.05, 3.63) is 30.1 Å². The first-order valence-corrected chi connectivity index (χ1v) is 5.68. The van der Waals surface area contributed by atoms with E-state index in [0.717, 1.165) is 24.4 Å². The average Bonchev–Trinajstić information content (AvgIpc) is 2.68. The molecule has 0 amide bonds. The highest BCUT2D eigenvalue weighted by Crippen LogP contribution is 2.32. The molecule has 6 heteroatoms. The molecule has 0 aromatic carbocycles. The van der Waals surface area contributed by atoms with Crippen LogP contribution in [-0.4, -0.2) is 24.7 Å². The third kappa shape index (κ3) is 1.75. The Morgan fingerprint density at radius 3 is 2.88 bits per heavy atom. The van der Waals surface area contributed by atoms with Crippen LogP contribution in [0.25, 0.3) is 0 Å². The summed E-state index contributed by atoms with van der Waals surface area (Å²) in [5.41, 5.74) is 6.77. The lowest BCUT2D eigenvalue weighted by Gasteiger charge is -2.28. The van der Waals surface area contributed by atoms with Crippen LogP contribution < -0.4 is 5.73 Å². The zero-order valence-electron chi connectivity index (χ0n) is 9.61. The van der Waals surface area contributed by atoms with Gasteiger partial charge in [0, 0.05) is 24.7 Å². The second kappa shape index (κ2) is 3.80. The summed E-state index contributed by atoms with van der Waals surface area (Å²) >= 11 is 0. The van der Waals surface area contributed by atoms with Gasteiger partial charge in [0.1, 0.15) is 12.2 Å². The van der Waals surface area contributed by atoms with Crippen molar-refractivity contribution in [3.63, 3.8) is 0 Å². The maximum atomic E-state index is 5.62. The molecule has 2 N–H and O–H groups in total. The Balaban J connectivity index is 1.94. The largest absolute Gasteiger partial charge is 0.366 e. The molecule has 88 valence electrons. The topological polar surface area (TPSA) is 82.5 Å². The van der Waals surface area contributed by atoms with E-state index in [1.165, 1.54) is 0 Å². The number of aromatic nitrogens is 5. The van der Waals surface area contributed by atoms with Crippen LogP contribution in [0.15, 0.2) is 18.7 Å². The molecule has 3 heterocycles. The summed E-state index contributed by atoms with van der Waals surface area (Å²) in [7, 11) is 0. The van der Waals surface area contributed by atoms with E-state index >= 15 is 0 Å². The van der Waals surface area contributed by atoms with Crippen LogP contribution in [0, 0.1) is 5.92 Å². The van der Waals surface area contributed by atoms with Gasteiger partial charge in [-0.15, -0.1) is 5.10 Å². The molecule has 0 saturated carbocycles. The molecular weight excluding hydrogens is 216 g/mol. The van der Waals surface area contributed by atoms with Gasteiger partial charge in [-0.1, -0.05) is 6.92 Å². The lowest BCUT2D eigenvalue weighted by atomic mass is 9.84. The second-order valence-corrected chi connectivity index (χ2v) is 4.53. The van der Waals surface area contributed by atoms with Crippen molar-refractivity contribution in [1.82, 2.24) is 24.7 Å². The summed E-state index contributed by atoms with van der Waals surface area (Å²) in [5.74, 6) is 2.21. The van der Waals surface area contributed by atoms with Gasteiger partial charge in [-0.05, 0) is 11.5 Å². The minimum absolute atomic E-state index is 0.358. The average molecular weight is 230 g/mol. The first-order valence-electron chi connectivity index (χ1n) is 5.68. The van der Waals surface area contributed by atoms with Crippen LogP contribution in [0.5, 0.6) is 0 Å². The van der Waals surface area contributed by atoms with Crippen molar-refractivity contribution in [2.75, 3.05) is 5.73 Å². The quantitative estimate of drug-likeness (QED) is 0.776. The van der Waals surface area contributed by atoms with Crippen LogP contribution in [0.4, 0.5) is 5.95 Å². The second-order valence-electron chi connectivity index (χ2n) is 4.53. The van der Waals surface area contributed by atoms with Gasteiger partial charge in [0.25, 0.3) is 0 Å². The van der Waals surface area contributed by atoms with Crippen molar-refractivity contribution >= 4 is 5.95 Å². The number of hydrogen-bond donors (Lipinski definition) is 1. The predicted molar refractivity (Wildman–Crippen MR) is 62.1 cm³/mol. The van der Waals surface area contributed by atoms with Crippen molar-refractivity contribution in [2.45, 2.75) is 25.8 Å². The number of nitrogen functional groups attached to an aromatic ring is 1. The van der Waals surface area contributed by atoms with Gasteiger partial charge < -0.3 is 5.73 Å². The molecule has 3 rings (SSSR count). The van der Waals surface area contributed by atoms with Crippen molar-refractivity contribution in [3.8, 4) is 0 Å². The third-order valence-corrected chi connectivity index (χ3v) is 3.33. The monoisotopic (exact) mass is 230 g/mol. The molecule has 0 fully saturated rings. The number of nitrogens with two attached hydrogens (primary N) is 1. The van der Waals surface area contributed by atoms with E-state index in [-0.39, 0.29) is 0 Å². The molecule has 2 atom stereocenters. The molecular formula is C11H14N6. The Morgan fingerprint density at radius 2 is 2.12 bits per heavy atom.